The molecule has 13 heavy (non-hydrogen) atoms. The highest BCUT2D eigenvalue weighted by molar-refractivity contribution is 5.80. The lowest BCUT2D eigenvalue weighted by atomic mass is 10.2. The number of carbonyl (C=O) groups is 1. The number of hydrogen-bond acceptors (Lipinski definition) is 4. The highest BCUT2D eigenvalue weighted by atomic mass is 16.5. The molecule has 0 radical (unpaired) electrons. The molecular formula is C9H11NO3. The SMILES string of the molecule is COc1cc(C=O)cc(OC)c1N. The second-order valence-corrected chi connectivity index (χ2v) is 2.46. The van der Waals surface area contributed by atoms with Crippen molar-refractivity contribution in [3.05, 3.63) is 17.7 Å². The number of benzene rings is 1. The molecule has 70 valence electrons. The third-order valence-corrected chi connectivity index (χ3v) is 1.70. The van der Waals surface area contributed by atoms with Crippen LogP contribution in [0.2, 0.25) is 0 Å². The molecule has 0 spiro atoms. The highest BCUT2D eigenvalue weighted by Gasteiger charge is 2.08. The maximum Gasteiger partial charge on any atom is 0.150 e. The summed E-state index contributed by atoms with van der Waals surface area (Å²) in [5.41, 5.74) is 6.54. The van der Waals surface area contributed by atoms with Crippen LogP contribution in [0, 0.1) is 0 Å². The molecule has 1 rings (SSSR count). The lowest BCUT2D eigenvalue weighted by Gasteiger charge is -2.09. The van der Waals surface area contributed by atoms with Crippen LogP contribution in [0.3, 0.4) is 0 Å². The number of aldehydes is 1. The van der Waals surface area contributed by atoms with Crippen LogP contribution in [-0.4, -0.2) is 20.5 Å². The van der Waals surface area contributed by atoms with Gasteiger partial charge in [-0.05, 0) is 12.1 Å². The van der Waals surface area contributed by atoms with Crippen LogP contribution >= 0.6 is 0 Å². The first kappa shape index (κ1) is 9.38. The van der Waals surface area contributed by atoms with Gasteiger partial charge in [0.05, 0.1) is 14.2 Å². The average Bonchev–Trinajstić information content (AvgIpc) is 2.18. The van der Waals surface area contributed by atoms with Gasteiger partial charge in [-0.3, -0.25) is 4.79 Å². The van der Waals surface area contributed by atoms with Crippen LogP contribution in [0.15, 0.2) is 12.1 Å². The summed E-state index contributed by atoms with van der Waals surface area (Å²) in [6, 6.07) is 3.12. The Kier molecular flexibility index (Phi) is 2.74. The number of methoxy groups -OCH3 is 2. The van der Waals surface area contributed by atoms with Gasteiger partial charge in [0.2, 0.25) is 0 Å². The summed E-state index contributed by atoms with van der Waals surface area (Å²) in [6.45, 7) is 0. The molecule has 4 heteroatoms. The molecule has 0 heterocycles. The van der Waals surface area contributed by atoms with E-state index in [-0.39, 0.29) is 0 Å². The van der Waals surface area contributed by atoms with E-state index in [0.29, 0.717) is 29.0 Å². The first-order valence-corrected chi connectivity index (χ1v) is 3.69. The van der Waals surface area contributed by atoms with Gasteiger partial charge < -0.3 is 15.2 Å². The molecule has 2 N–H and O–H groups in total. The van der Waals surface area contributed by atoms with Crippen molar-refractivity contribution in [2.75, 3.05) is 20.0 Å². The first-order chi connectivity index (χ1) is 6.22. The number of nitrogens with two attached hydrogens (primary N) is 1. The van der Waals surface area contributed by atoms with E-state index in [0.717, 1.165) is 0 Å². The van der Waals surface area contributed by atoms with E-state index >= 15 is 0 Å². The monoisotopic (exact) mass is 181 g/mol. The zero-order valence-electron chi connectivity index (χ0n) is 7.53. The van der Waals surface area contributed by atoms with Crippen molar-refractivity contribution in [2.45, 2.75) is 0 Å². The van der Waals surface area contributed by atoms with Gasteiger partial charge >= 0.3 is 0 Å². The predicted molar refractivity (Wildman–Crippen MR) is 49.3 cm³/mol. The van der Waals surface area contributed by atoms with E-state index in [1.54, 1.807) is 12.1 Å². The van der Waals surface area contributed by atoms with E-state index in [4.69, 9.17) is 15.2 Å². The second-order valence-electron chi connectivity index (χ2n) is 2.46. The Labute approximate surface area is 76.3 Å². The van der Waals surface area contributed by atoms with Crippen LogP contribution in [0.5, 0.6) is 11.5 Å². The highest BCUT2D eigenvalue weighted by Crippen LogP contribution is 2.32. The Balaban J connectivity index is 3.28. The summed E-state index contributed by atoms with van der Waals surface area (Å²) >= 11 is 0. The normalized spacial score (nSPS) is 9.38. The Morgan fingerprint density at radius 2 is 1.69 bits per heavy atom. The maximum atomic E-state index is 10.5. The molecule has 0 aromatic heterocycles. The largest absolute Gasteiger partial charge is 0.494 e. The molecule has 0 amide bonds. The number of ether oxygens (including phenoxy) is 2. The van der Waals surface area contributed by atoms with Crippen molar-refractivity contribution in [1.82, 2.24) is 0 Å². The molecule has 0 saturated heterocycles. The minimum Gasteiger partial charge on any atom is -0.494 e. The molecular weight excluding hydrogens is 170 g/mol. The van der Waals surface area contributed by atoms with Gasteiger partial charge in [-0.15, -0.1) is 0 Å². The predicted octanol–water partition coefficient (Wildman–Crippen LogP) is 1.10. The van der Waals surface area contributed by atoms with Gasteiger partial charge in [0.25, 0.3) is 0 Å². The van der Waals surface area contributed by atoms with Crippen molar-refractivity contribution in [1.29, 1.82) is 0 Å². The molecule has 0 aliphatic carbocycles. The number of hydrogen-bond donors (Lipinski definition) is 1. The molecule has 1 aromatic rings. The van der Waals surface area contributed by atoms with Crippen LogP contribution < -0.4 is 15.2 Å². The number of anilines is 1. The molecule has 0 saturated carbocycles. The molecule has 0 aliphatic rings. The second kappa shape index (κ2) is 3.80. The molecule has 0 aliphatic heterocycles. The summed E-state index contributed by atoms with van der Waals surface area (Å²) < 4.78 is 9.93. The Hall–Kier alpha value is -1.71. The summed E-state index contributed by atoms with van der Waals surface area (Å²) in [7, 11) is 2.97. The van der Waals surface area contributed by atoms with E-state index < -0.39 is 0 Å². The van der Waals surface area contributed by atoms with Crippen LogP contribution in [0.1, 0.15) is 10.4 Å². The number of carbonyl (C=O) groups excluding carboxylic acids is 1. The van der Waals surface area contributed by atoms with E-state index in [1.165, 1.54) is 14.2 Å². The molecule has 0 fully saturated rings. The van der Waals surface area contributed by atoms with E-state index in [9.17, 15) is 4.79 Å². The van der Waals surface area contributed by atoms with Gasteiger partial charge in [-0.1, -0.05) is 0 Å². The summed E-state index contributed by atoms with van der Waals surface area (Å²) in [6.07, 6.45) is 0.713. The fourth-order valence-corrected chi connectivity index (χ4v) is 1.03. The number of nitrogen functional groups attached to an aromatic ring is 1. The average molecular weight is 181 g/mol. The standard InChI is InChI=1S/C9H11NO3/c1-12-7-3-6(5-11)4-8(13-2)9(7)10/h3-5H,10H2,1-2H3. The Morgan fingerprint density at radius 3 is 2.00 bits per heavy atom. The minimum atomic E-state index is 0.399. The van der Waals surface area contributed by atoms with Crippen molar-refractivity contribution in [3.8, 4) is 11.5 Å². The lowest BCUT2D eigenvalue weighted by Crippen LogP contribution is -1.98. The van der Waals surface area contributed by atoms with Crippen LogP contribution in [-0.2, 0) is 0 Å². The smallest absolute Gasteiger partial charge is 0.150 e. The van der Waals surface area contributed by atoms with Crippen LogP contribution in [0.25, 0.3) is 0 Å². The zero-order valence-corrected chi connectivity index (χ0v) is 7.53. The minimum absolute atomic E-state index is 0.399. The fourth-order valence-electron chi connectivity index (χ4n) is 1.03. The quantitative estimate of drug-likeness (QED) is 0.560. The Morgan fingerprint density at radius 1 is 1.23 bits per heavy atom. The first-order valence-electron chi connectivity index (χ1n) is 3.69. The van der Waals surface area contributed by atoms with Crippen LogP contribution in [0.4, 0.5) is 5.69 Å². The Bertz CT molecular complexity index is 298. The van der Waals surface area contributed by atoms with Crippen molar-refractivity contribution < 1.29 is 14.3 Å². The summed E-state index contributed by atoms with van der Waals surface area (Å²) in [4.78, 5) is 10.5. The van der Waals surface area contributed by atoms with Crippen molar-refractivity contribution in [2.24, 2.45) is 0 Å². The van der Waals surface area contributed by atoms with E-state index in [1.807, 2.05) is 0 Å². The molecule has 0 unspecified atom stereocenters. The zero-order chi connectivity index (χ0) is 9.84. The molecule has 0 atom stereocenters. The third-order valence-electron chi connectivity index (χ3n) is 1.70. The van der Waals surface area contributed by atoms with Gasteiger partial charge in [-0.25, -0.2) is 0 Å². The topological polar surface area (TPSA) is 61.5 Å². The molecule has 0 bridgehead atoms. The van der Waals surface area contributed by atoms with E-state index in [2.05, 4.69) is 0 Å². The maximum absolute atomic E-state index is 10.5. The fraction of sp³-hybridized carbons (Fsp3) is 0.222. The van der Waals surface area contributed by atoms with Crippen molar-refractivity contribution in [3.63, 3.8) is 0 Å². The van der Waals surface area contributed by atoms with Gasteiger partial charge in [0.15, 0.2) is 0 Å². The molecule has 4 nitrogen and oxygen atoms in total. The molecule has 1 aromatic carbocycles. The number of rotatable bonds is 3. The third kappa shape index (κ3) is 1.72. The van der Waals surface area contributed by atoms with Crippen molar-refractivity contribution >= 4 is 12.0 Å². The van der Waals surface area contributed by atoms with Gasteiger partial charge in [0, 0.05) is 5.56 Å². The van der Waals surface area contributed by atoms with Gasteiger partial charge in [0.1, 0.15) is 23.5 Å². The van der Waals surface area contributed by atoms with Gasteiger partial charge in [-0.2, -0.15) is 0 Å². The lowest BCUT2D eigenvalue weighted by molar-refractivity contribution is 0.112. The summed E-state index contributed by atoms with van der Waals surface area (Å²) in [5, 5.41) is 0. The summed E-state index contributed by atoms with van der Waals surface area (Å²) in [5.74, 6) is 0.892.